The van der Waals surface area contributed by atoms with E-state index in [1.165, 1.54) is 20.5 Å². The van der Waals surface area contributed by atoms with Gasteiger partial charge in [-0.25, -0.2) is 9.78 Å². The number of benzene rings is 1. The van der Waals surface area contributed by atoms with Gasteiger partial charge in [0.2, 0.25) is 0 Å². The van der Waals surface area contributed by atoms with E-state index in [0.29, 0.717) is 22.5 Å². The number of aromatic nitrogens is 1. The first-order valence-corrected chi connectivity index (χ1v) is 9.55. The number of hydrogen-bond acceptors (Lipinski definition) is 7. The van der Waals surface area contributed by atoms with Gasteiger partial charge in [-0.1, -0.05) is 18.2 Å². The molecular formula is C20H22N2O4S. The molecule has 0 aliphatic carbocycles. The van der Waals surface area contributed by atoms with Gasteiger partial charge in [0.25, 0.3) is 0 Å². The van der Waals surface area contributed by atoms with Crippen molar-refractivity contribution in [1.82, 2.24) is 4.98 Å². The van der Waals surface area contributed by atoms with Crippen molar-refractivity contribution in [1.29, 1.82) is 0 Å². The van der Waals surface area contributed by atoms with Crippen LogP contribution in [0.25, 0.3) is 28.0 Å². The molecule has 1 aromatic carbocycles. The fourth-order valence-electron chi connectivity index (χ4n) is 2.87. The van der Waals surface area contributed by atoms with Crippen molar-refractivity contribution >= 4 is 39.0 Å². The van der Waals surface area contributed by atoms with Gasteiger partial charge >= 0.3 is 5.97 Å². The molecule has 0 saturated heterocycles. The first kappa shape index (κ1) is 19.0. The second kappa shape index (κ2) is 8.26. The van der Waals surface area contributed by atoms with Crippen LogP contribution in [-0.4, -0.2) is 38.3 Å². The van der Waals surface area contributed by atoms with Crippen LogP contribution in [0.15, 0.2) is 40.3 Å². The number of hydrogen-bond donors (Lipinski definition) is 0. The van der Waals surface area contributed by atoms with Gasteiger partial charge in [0.15, 0.2) is 10.9 Å². The molecule has 27 heavy (non-hydrogen) atoms. The van der Waals surface area contributed by atoms with Crippen molar-refractivity contribution in [2.45, 2.75) is 13.8 Å². The fraction of sp³-hybridized carbons (Fsp3) is 0.300. The number of para-hydroxylation sites is 1. The highest BCUT2D eigenvalue weighted by Gasteiger charge is 2.20. The number of esters is 1. The number of thiazole rings is 1. The van der Waals surface area contributed by atoms with E-state index in [1.54, 1.807) is 17.4 Å². The Morgan fingerprint density at radius 3 is 2.74 bits per heavy atom. The molecule has 0 unspecified atom stereocenters. The van der Waals surface area contributed by atoms with Crippen molar-refractivity contribution in [3.8, 4) is 11.5 Å². The molecule has 0 aliphatic rings. The lowest BCUT2D eigenvalue weighted by Crippen LogP contribution is -2.21. The quantitative estimate of drug-likeness (QED) is 0.337. The summed E-state index contributed by atoms with van der Waals surface area (Å²) in [6, 6.07) is 7.54. The average molecular weight is 386 g/mol. The van der Waals surface area contributed by atoms with E-state index in [2.05, 4.69) is 18.7 Å². The predicted molar refractivity (Wildman–Crippen MR) is 108 cm³/mol. The van der Waals surface area contributed by atoms with Gasteiger partial charge in [-0.15, -0.1) is 11.3 Å². The Kier molecular flexibility index (Phi) is 5.81. The summed E-state index contributed by atoms with van der Waals surface area (Å²) in [6.45, 7) is 6.01. The van der Waals surface area contributed by atoms with E-state index in [0.717, 1.165) is 29.3 Å². The molecule has 0 bridgehead atoms. The van der Waals surface area contributed by atoms with Crippen LogP contribution in [-0.2, 0) is 14.3 Å². The molecule has 0 aliphatic heterocycles. The highest BCUT2D eigenvalue weighted by Crippen LogP contribution is 2.35. The Hall–Kier alpha value is -2.80. The monoisotopic (exact) mass is 386 g/mol. The Bertz CT molecular complexity index is 969. The molecule has 3 rings (SSSR count). The van der Waals surface area contributed by atoms with E-state index in [-0.39, 0.29) is 0 Å². The topological polar surface area (TPSA) is 64.8 Å². The second-order valence-corrected chi connectivity index (χ2v) is 6.62. The van der Waals surface area contributed by atoms with Gasteiger partial charge in [0.1, 0.15) is 16.9 Å². The number of fused-ring (bicyclic) bond motifs is 1. The summed E-state index contributed by atoms with van der Waals surface area (Å²) in [4.78, 5) is 19.0. The third-order valence-corrected chi connectivity index (χ3v) is 5.16. The van der Waals surface area contributed by atoms with Crippen LogP contribution < -0.4 is 4.90 Å². The van der Waals surface area contributed by atoms with Crippen LogP contribution in [0.2, 0.25) is 0 Å². The van der Waals surface area contributed by atoms with Gasteiger partial charge in [-0.3, -0.25) is 0 Å². The summed E-state index contributed by atoms with van der Waals surface area (Å²) >= 11 is 1.59. The molecule has 7 heteroatoms. The van der Waals surface area contributed by atoms with Gasteiger partial charge in [-0.2, -0.15) is 0 Å². The number of furan rings is 1. The number of carbonyl (C=O) groups excluding carboxylic acids is 1. The molecule has 0 atom stereocenters. The molecule has 3 aromatic rings. The van der Waals surface area contributed by atoms with Gasteiger partial charge < -0.3 is 18.8 Å². The zero-order valence-electron chi connectivity index (χ0n) is 15.8. The number of anilines is 1. The molecule has 0 radical (unpaired) electrons. The first-order valence-electron chi connectivity index (χ1n) is 8.67. The van der Waals surface area contributed by atoms with Crippen LogP contribution in [0.3, 0.4) is 0 Å². The summed E-state index contributed by atoms with van der Waals surface area (Å²) in [5.41, 5.74) is 2.29. The van der Waals surface area contributed by atoms with Crippen molar-refractivity contribution < 1.29 is 18.7 Å². The maximum absolute atomic E-state index is 12.1. The maximum atomic E-state index is 12.1. The number of rotatable bonds is 7. The van der Waals surface area contributed by atoms with Gasteiger partial charge in [-0.05, 0) is 19.9 Å². The number of carbonyl (C=O) groups is 1. The lowest BCUT2D eigenvalue weighted by Gasteiger charge is -2.16. The molecule has 0 spiro atoms. The fourth-order valence-corrected chi connectivity index (χ4v) is 3.81. The van der Waals surface area contributed by atoms with E-state index in [9.17, 15) is 4.79 Å². The summed E-state index contributed by atoms with van der Waals surface area (Å²) in [7, 11) is 2.82. The van der Waals surface area contributed by atoms with E-state index >= 15 is 0 Å². The van der Waals surface area contributed by atoms with E-state index in [4.69, 9.17) is 18.9 Å². The smallest absolute Gasteiger partial charge is 0.341 e. The van der Waals surface area contributed by atoms with Crippen molar-refractivity contribution in [3.05, 3.63) is 41.5 Å². The molecule has 2 aromatic heterocycles. The van der Waals surface area contributed by atoms with Gasteiger partial charge in [0, 0.05) is 29.4 Å². The predicted octanol–water partition coefficient (Wildman–Crippen LogP) is 4.56. The molecular weight excluding hydrogens is 364 g/mol. The third-order valence-electron chi connectivity index (χ3n) is 4.25. The molecule has 2 heterocycles. The van der Waals surface area contributed by atoms with Crippen LogP contribution >= 0.6 is 11.3 Å². The SMILES string of the molecule is CCN(CC)c1nc(-c2cc3cccc(/C(=C\OC)C(=O)OC)c3o2)cs1. The molecule has 142 valence electrons. The van der Waals surface area contributed by atoms with Crippen LogP contribution in [0.4, 0.5) is 5.13 Å². The van der Waals surface area contributed by atoms with Crippen molar-refractivity contribution in [3.63, 3.8) is 0 Å². The second-order valence-electron chi connectivity index (χ2n) is 5.78. The zero-order valence-corrected chi connectivity index (χ0v) is 16.6. The van der Waals surface area contributed by atoms with Crippen LogP contribution in [0.1, 0.15) is 19.4 Å². The Balaban J connectivity index is 2.06. The van der Waals surface area contributed by atoms with E-state index in [1.807, 2.05) is 23.6 Å². The average Bonchev–Trinajstić information content (AvgIpc) is 3.33. The van der Waals surface area contributed by atoms with E-state index < -0.39 is 5.97 Å². The third kappa shape index (κ3) is 3.68. The first-order chi connectivity index (χ1) is 13.1. The molecule has 6 nitrogen and oxygen atoms in total. The Labute approximate surface area is 162 Å². The Morgan fingerprint density at radius 1 is 1.30 bits per heavy atom. The number of methoxy groups -OCH3 is 2. The number of nitrogens with zero attached hydrogens (tertiary/aromatic N) is 2. The molecule has 0 N–H and O–H groups in total. The summed E-state index contributed by atoms with van der Waals surface area (Å²) in [6.07, 6.45) is 1.37. The molecule has 0 saturated carbocycles. The maximum Gasteiger partial charge on any atom is 0.341 e. The minimum absolute atomic E-state index is 0.300. The minimum atomic E-state index is -0.486. The van der Waals surface area contributed by atoms with Crippen LogP contribution in [0, 0.1) is 0 Å². The minimum Gasteiger partial charge on any atom is -0.503 e. The Morgan fingerprint density at radius 2 is 2.07 bits per heavy atom. The molecule has 0 amide bonds. The number of ether oxygens (including phenoxy) is 2. The zero-order chi connectivity index (χ0) is 19.4. The van der Waals surface area contributed by atoms with Crippen molar-refractivity contribution in [2.75, 3.05) is 32.2 Å². The lowest BCUT2D eigenvalue weighted by atomic mass is 10.0. The normalized spacial score (nSPS) is 11.6. The summed E-state index contributed by atoms with van der Waals surface area (Å²) in [5, 5.41) is 3.83. The standard InChI is InChI=1S/C20H22N2O4S/c1-5-22(6-2)20-21-16(12-27-20)17-10-13-8-7-9-14(18(13)26-17)15(11-24-3)19(23)25-4/h7-12H,5-6H2,1-4H3/b15-11+. The highest BCUT2D eigenvalue weighted by molar-refractivity contribution is 7.14. The lowest BCUT2D eigenvalue weighted by molar-refractivity contribution is -0.133. The summed E-state index contributed by atoms with van der Waals surface area (Å²) < 4.78 is 16.0. The summed E-state index contributed by atoms with van der Waals surface area (Å²) in [5.74, 6) is 0.175. The highest BCUT2D eigenvalue weighted by atomic mass is 32.1. The van der Waals surface area contributed by atoms with Crippen molar-refractivity contribution in [2.24, 2.45) is 0 Å². The van der Waals surface area contributed by atoms with Gasteiger partial charge in [0.05, 0.1) is 20.5 Å². The molecule has 0 fully saturated rings. The largest absolute Gasteiger partial charge is 0.503 e. The van der Waals surface area contributed by atoms with Crippen LogP contribution in [0.5, 0.6) is 0 Å².